The minimum absolute atomic E-state index is 0.594. The van der Waals surface area contributed by atoms with Gasteiger partial charge < -0.3 is 14.8 Å². The second-order valence-corrected chi connectivity index (χ2v) is 7.91. The first-order valence-electron chi connectivity index (χ1n) is 10.7. The van der Waals surface area contributed by atoms with Crippen LogP contribution in [0.4, 0.5) is 5.69 Å². The molecule has 0 amide bonds. The largest absolute Gasteiger partial charge is 0.371 e. The predicted molar refractivity (Wildman–Crippen MR) is 119 cm³/mol. The van der Waals surface area contributed by atoms with Gasteiger partial charge >= 0.3 is 0 Å². The van der Waals surface area contributed by atoms with Crippen LogP contribution in [0.25, 0.3) is 11.1 Å². The Morgan fingerprint density at radius 2 is 1.62 bits per heavy atom. The molecule has 0 aliphatic carbocycles. The van der Waals surface area contributed by atoms with Gasteiger partial charge in [0.05, 0.1) is 0 Å². The van der Waals surface area contributed by atoms with Gasteiger partial charge in [0, 0.05) is 44.3 Å². The lowest BCUT2D eigenvalue weighted by Crippen LogP contribution is -2.43. The molecule has 3 aromatic rings. The highest BCUT2D eigenvalue weighted by molar-refractivity contribution is 5.66. The van der Waals surface area contributed by atoms with Gasteiger partial charge in [0.1, 0.15) is 12.2 Å². The number of hydrogen-bond donors (Lipinski definition) is 1. The SMILES string of the molecule is CCn1cnnc1CCNC1CCN(c2ccc(-c3ccc(C)cc3)cc2)CC1. The van der Waals surface area contributed by atoms with E-state index in [9.17, 15) is 0 Å². The Morgan fingerprint density at radius 1 is 0.966 bits per heavy atom. The molecular weight excluding hydrogens is 358 g/mol. The van der Waals surface area contributed by atoms with E-state index in [0.29, 0.717) is 6.04 Å². The summed E-state index contributed by atoms with van der Waals surface area (Å²) < 4.78 is 2.12. The van der Waals surface area contributed by atoms with Gasteiger partial charge in [-0.25, -0.2) is 0 Å². The lowest BCUT2D eigenvalue weighted by molar-refractivity contribution is 0.415. The molecule has 152 valence electrons. The number of aromatic nitrogens is 3. The molecule has 0 saturated carbocycles. The van der Waals surface area contributed by atoms with Crippen molar-refractivity contribution in [2.75, 3.05) is 24.5 Å². The van der Waals surface area contributed by atoms with Crippen LogP contribution in [0.5, 0.6) is 0 Å². The normalized spacial score (nSPS) is 15.0. The number of hydrogen-bond acceptors (Lipinski definition) is 4. The smallest absolute Gasteiger partial charge is 0.134 e. The van der Waals surface area contributed by atoms with Gasteiger partial charge in [-0.3, -0.25) is 0 Å². The highest BCUT2D eigenvalue weighted by Gasteiger charge is 2.19. The molecule has 1 saturated heterocycles. The van der Waals surface area contributed by atoms with Gasteiger partial charge in [-0.05, 0) is 49.9 Å². The fraction of sp³-hybridized carbons (Fsp3) is 0.417. The molecular formula is C24H31N5. The van der Waals surface area contributed by atoms with Crippen LogP contribution >= 0.6 is 0 Å². The fourth-order valence-electron chi connectivity index (χ4n) is 4.08. The molecule has 0 unspecified atom stereocenters. The third-order valence-electron chi connectivity index (χ3n) is 5.93. The second-order valence-electron chi connectivity index (χ2n) is 7.91. The standard InChI is InChI=1S/C24H31N5/c1-3-28-18-26-27-24(28)12-15-25-22-13-16-29(17-14-22)23-10-8-21(9-11-23)20-6-4-19(2)5-7-20/h4-11,18,22,25H,3,12-17H2,1-2H3. The van der Waals surface area contributed by atoms with E-state index in [1.165, 1.54) is 35.2 Å². The van der Waals surface area contributed by atoms with Crippen LogP contribution in [0.1, 0.15) is 31.2 Å². The Morgan fingerprint density at radius 3 is 2.28 bits per heavy atom. The highest BCUT2D eigenvalue weighted by atomic mass is 15.3. The van der Waals surface area contributed by atoms with E-state index in [1.807, 2.05) is 6.33 Å². The van der Waals surface area contributed by atoms with Crippen molar-refractivity contribution >= 4 is 5.69 Å². The molecule has 5 nitrogen and oxygen atoms in total. The minimum atomic E-state index is 0.594. The van der Waals surface area contributed by atoms with Crippen molar-refractivity contribution in [1.29, 1.82) is 0 Å². The Hall–Kier alpha value is -2.66. The summed E-state index contributed by atoms with van der Waals surface area (Å²) in [5.41, 5.74) is 5.19. The van der Waals surface area contributed by atoms with Crippen LogP contribution in [0, 0.1) is 6.92 Å². The average molecular weight is 390 g/mol. The summed E-state index contributed by atoms with van der Waals surface area (Å²) >= 11 is 0. The van der Waals surface area contributed by atoms with Crippen molar-refractivity contribution in [2.24, 2.45) is 0 Å². The number of aryl methyl sites for hydroxylation is 2. The molecule has 1 N–H and O–H groups in total. The Bertz CT molecular complexity index is 890. The molecule has 5 heteroatoms. The molecule has 2 aromatic carbocycles. The van der Waals surface area contributed by atoms with E-state index in [-0.39, 0.29) is 0 Å². The Labute approximate surface area is 173 Å². The van der Waals surface area contributed by atoms with Crippen LogP contribution in [0.3, 0.4) is 0 Å². The number of nitrogens with one attached hydrogen (secondary N) is 1. The fourth-order valence-corrected chi connectivity index (χ4v) is 4.08. The molecule has 1 aliphatic heterocycles. The van der Waals surface area contributed by atoms with Crippen molar-refractivity contribution in [1.82, 2.24) is 20.1 Å². The lowest BCUT2D eigenvalue weighted by Gasteiger charge is -2.34. The van der Waals surface area contributed by atoms with Crippen molar-refractivity contribution in [3.8, 4) is 11.1 Å². The zero-order valence-corrected chi connectivity index (χ0v) is 17.5. The zero-order valence-electron chi connectivity index (χ0n) is 17.5. The number of piperidine rings is 1. The summed E-state index contributed by atoms with van der Waals surface area (Å²) in [6.07, 6.45) is 5.12. The lowest BCUT2D eigenvalue weighted by atomic mass is 10.0. The molecule has 2 heterocycles. The number of rotatable bonds is 7. The summed E-state index contributed by atoms with van der Waals surface area (Å²) in [7, 11) is 0. The van der Waals surface area contributed by atoms with Crippen LogP contribution in [-0.2, 0) is 13.0 Å². The third-order valence-corrected chi connectivity index (χ3v) is 5.93. The van der Waals surface area contributed by atoms with E-state index in [0.717, 1.165) is 38.4 Å². The predicted octanol–water partition coefficient (Wildman–Crippen LogP) is 4.07. The van der Waals surface area contributed by atoms with E-state index < -0.39 is 0 Å². The number of benzene rings is 2. The van der Waals surface area contributed by atoms with Gasteiger partial charge in [0.15, 0.2) is 0 Å². The third kappa shape index (κ3) is 4.85. The molecule has 1 aromatic heterocycles. The molecule has 1 fully saturated rings. The van der Waals surface area contributed by atoms with Crippen LogP contribution in [-0.4, -0.2) is 40.4 Å². The quantitative estimate of drug-likeness (QED) is 0.662. The van der Waals surface area contributed by atoms with Crippen molar-refractivity contribution in [3.05, 3.63) is 66.2 Å². The summed E-state index contributed by atoms with van der Waals surface area (Å²) in [6, 6.07) is 18.4. The molecule has 1 aliphatic rings. The number of nitrogens with zero attached hydrogens (tertiary/aromatic N) is 4. The van der Waals surface area contributed by atoms with Gasteiger partial charge in [-0.2, -0.15) is 0 Å². The molecule has 0 bridgehead atoms. The minimum Gasteiger partial charge on any atom is -0.371 e. The molecule has 4 rings (SSSR count). The van der Waals surface area contributed by atoms with Gasteiger partial charge in [0.25, 0.3) is 0 Å². The molecule has 0 atom stereocenters. The summed E-state index contributed by atoms with van der Waals surface area (Å²) in [6.45, 7) is 8.36. The molecule has 0 spiro atoms. The monoisotopic (exact) mass is 389 g/mol. The van der Waals surface area contributed by atoms with Gasteiger partial charge in [-0.15, -0.1) is 10.2 Å². The maximum Gasteiger partial charge on any atom is 0.134 e. The van der Waals surface area contributed by atoms with Crippen molar-refractivity contribution < 1.29 is 0 Å². The second kappa shape index (κ2) is 9.23. The summed E-state index contributed by atoms with van der Waals surface area (Å²) in [5.74, 6) is 1.08. The van der Waals surface area contributed by atoms with E-state index in [1.54, 1.807) is 0 Å². The highest BCUT2D eigenvalue weighted by Crippen LogP contribution is 2.25. The van der Waals surface area contributed by atoms with E-state index >= 15 is 0 Å². The zero-order chi connectivity index (χ0) is 20.1. The Balaban J connectivity index is 1.25. The summed E-state index contributed by atoms with van der Waals surface area (Å²) in [4.78, 5) is 2.50. The van der Waals surface area contributed by atoms with E-state index in [4.69, 9.17) is 0 Å². The topological polar surface area (TPSA) is 46.0 Å². The van der Waals surface area contributed by atoms with Gasteiger partial charge in [-0.1, -0.05) is 42.0 Å². The van der Waals surface area contributed by atoms with Crippen molar-refractivity contribution in [2.45, 2.75) is 45.7 Å². The first kappa shape index (κ1) is 19.6. The van der Waals surface area contributed by atoms with E-state index in [2.05, 4.69) is 87.4 Å². The maximum absolute atomic E-state index is 4.22. The molecule has 29 heavy (non-hydrogen) atoms. The van der Waals surface area contributed by atoms with Gasteiger partial charge in [0.2, 0.25) is 0 Å². The Kier molecular flexibility index (Phi) is 6.25. The molecule has 0 radical (unpaired) electrons. The van der Waals surface area contributed by atoms with Crippen LogP contribution in [0.15, 0.2) is 54.9 Å². The first-order chi connectivity index (χ1) is 14.2. The van der Waals surface area contributed by atoms with Crippen LogP contribution in [0.2, 0.25) is 0 Å². The maximum atomic E-state index is 4.22. The van der Waals surface area contributed by atoms with Crippen LogP contribution < -0.4 is 10.2 Å². The first-order valence-corrected chi connectivity index (χ1v) is 10.7. The number of anilines is 1. The van der Waals surface area contributed by atoms with Crippen molar-refractivity contribution in [3.63, 3.8) is 0 Å². The summed E-state index contributed by atoms with van der Waals surface area (Å²) in [5, 5.41) is 11.9. The average Bonchev–Trinajstić information content (AvgIpc) is 3.22.